The molecule has 108 valence electrons. The zero-order chi connectivity index (χ0) is 15.5. The van der Waals surface area contributed by atoms with Gasteiger partial charge >= 0.3 is 0 Å². The Kier molecular flexibility index (Phi) is 3.53. The van der Waals surface area contributed by atoms with Crippen LogP contribution in [0.25, 0.3) is 22.4 Å². The van der Waals surface area contributed by atoms with Gasteiger partial charge in [-0.3, -0.25) is 4.79 Å². The first-order valence-electron chi connectivity index (χ1n) is 6.75. The standard InChI is InChI=1S/C17H14N4O/c18-16-14(17(19)22)13(11-7-3-1-4-8-11)15(20-21-16)12-9-5-2-6-10-12/h1-10H,(H2,18,21)(H2,19,22). The molecule has 0 saturated heterocycles. The molecule has 0 aliphatic rings. The second-order valence-electron chi connectivity index (χ2n) is 4.78. The van der Waals surface area contributed by atoms with Crippen LogP contribution in [0.1, 0.15) is 10.4 Å². The number of hydrogen-bond acceptors (Lipinski definition) is 4. The molecule has 5 heteroatoms. The van der Waals surface area contributed by atoms with Gasteiger partial charge < -0.3 is 11.5 Å². The molecule has 1 aromatic heterocycles. The number of nitrogens with two attached hydrogens (primary N) is 2. The lowest BCUT2D eigenvalue weighted by molar-refractivity contribution is 0.100. The summed E-state index contributed by atoms with van der Waals surface area (Å²) in [6.45, 7) is 0. The zero-order valence-corrected chi connectivity index (χ0v) is 11.7. The number of aromatic nitrogens is 2. The minimum Gasteiger partial charge on any atom is -0.382 e. The number of anilines is 1. The quantitative estimate of drug-likeness (QED) is 0.774. The summed E-state index contributed by atoms with van der Waals surface area (Å²) < 4.78 is 0. The molecule has 22 heavy (non-hydrogen) atoms. The van der Waals surface area contributed by atoms with Gasteiger partial charge in [-0.15, -0.1) is 10.2 Å². The molecular formula is C17H14N4O. The molecule has 5 nitrogen and oxygen atoms in total. The Hall–Kier alpha value is -3.21. The van der Waals surface area contributed by atoms with E-state index >= 15 is 0 Å². The second-order valence-corrected chi connectivity index (χ2v) is 4.78. The number of primary amides is 1. The molecule has 3 aromatic rings. The molecule has 0 atom stereocenters. The van der Waals surface area contributed by atoms with Crippen LogP contribution in [0.15, 0.2) is 60.7 Å². The van der Waals surface area contributed by atoms with Crippen LogP contribution in [0, 0.1) is 0 Å². The first-order chi connectivity index (χ1) is 10.7. The Morgan fingerprint density at radius 3 is 1.91 bits per heavy atom. The van der Waals surface area contributed by atoms with E-state index in [1.165, 1.54) is 0 Å². The van der Waals surface area contributed by atoms with Gasteiger partial charge in [0, 0.05) is 11.1 Å². The Labute approximate surface area is 127 Å². The maximum Gasteiger partial charge on any atom is 0.253 e. The minimum absolute atomic E-state index is 0.0334. The zero-order valence-electron chi connectivity index (χ0n) is 11.7. The van der Waals surface area contributed by atoms with E-state index in [4.69, 9.17) is 11.5 Å². The number of nitrogen functional groups attached to an aromatic ring is 1. The minimum atomic E-state index is -0.622. The van der Waals surface area contributed by atoms with E-state index in [2.05, 4.69) is 10.2 Å². The van der Waals surface area contributed by atoms with Gasteiger partial charge in [0.15, 0.2) is 5.82 Å². The Morgan fingerprint density at radius 2 is 1.36 bits per heavy atom. The van der Waals surface area contributed by atoms with Crippen molar-refractivity contribution in [2.45, 2.75) is 0 Å². The predicted molar refractivity (Wildman–Crippen MR) is 85.8 cm³/mol. The molecule has 1 heterocycles. The molecule has 4 N–H and O–H groups in total. The van der Waals surface area contributed by atoms with Crippen molar-refractivity contribution in [2.24, 2.45) is 5.73 Å². The van der Waals surface area contributed by atoms with Crippen molar-refractivity contribution in [3.8, 4) is 22.4 Å². The Bertz CT molecular complexity index is 817. The van der Waals surface area contributed by atoms with Gasteiger partial charge in [-0.1, -0.05) is 60.7 Å². The number of carbonyl (C=O) groups is 1. The number of carbonyl (C=O) groups excluding carboxylic acids is 1. The summed E-state index contributed by atoms with van der Waals surface area (Å²) in [5.74, 6) is -0.588. The fourth-order valence-corrected chi connectivity index (χ4v) is 2.38. The SMILES string of the molecule is NC(=O)c1c(N)nnc(-c2ccccc2)c1-c1ccccc1. The maximum absolute atomic E-state index is 11.9. The van der Waals surface area contributed by atoms with Crippen LogP contribution in [0.3, 0.4) is 0 Å². The lowest BCUT2D eigenvalue weighted by Crippen LogP contribution is -2.17. The number of rotatable bonds is 3. The van der Waals surface area contributed by atoms with Crippen molar-refractivity contribution in [2.75, 3.05) is 5.73 Å². The maximum atomic E-state index is 11.9. The number of nitrogens with zero attached hydrogens (tertiary/aromatic N) is 2. The molecule has 0 spiro atoms. The molecule has 2 aromatic carbocycles. The Balaban J connectivity index is 2.37. The van der Waals surface area contributed by atoms with Crippen LogP contribution < -0.4 is 11.5 Å². The summed E-state index contributed by atoms with van der Waals surface area (Å²) in [5, 5.41) is 8.07. The predicted octanol–water partition coefficient (Wildman–Crippen LogP) is 2.49. The highest BCUT2D eigenvalue weighted by Gasteiger charge is 2.21. The molecule has 0 unspecified atom stereocenters. The molecule has 0 radical (unpaired) electrons. The lowest BCUT2D eigenvalue weighted by atomic mass is 9.95. The molecule has 1 amide bonds. The number of benzene rings is 2. The van der Waals surface area contributed by atoms with Gasteiger partial charge in [-0.25, -0.2) is 0 Å². The third-order valence-corrected chi connectivity index (χ3v) is 3.36. The Morgan fingerprint density at radius 1 is 0.818 bits per heavy atom. The van der Waals surface area contributed by atoms with E-state index in [1.54, 1.807) is 0 Å². The summed E-state index contributed by atoms with van der Waals surface area (Å²) in [6.07, 6.45) is 0. The fraction of sp³-hybridized carbons (Fsp3) is 0. The van der Waals surface area contributed by atoms with Gasteiger partial charge in [0.25, 0.3) is 5.91 Å². The summed E-state index contributed by atoms with van der Waals surface area (Å²) in [4.78, 5) is 11.9. The number of hydrogen-bond donors (Lipinski definition) is 2. The number of amides is 1. The summed E-state index contributed by atoms with van der Waals surface area (Å²) in [7, 11) is 0. The monoisotopic (exact) mass is 290 g/mol. The van der Waals surface area contributed by atoms with E-state index in [1.807, 2.05) is 60.7 Å². The van der Waals surface area contributed by atoms with Crippen molar-refractivity contribution in [3.05, 3.63) is 66.2 Å². The van der Waals surface area contributed by atoms with Gasteiger partial charge in [-0.2, -0.15) is 0 Å². The molecule has 0 saturated carbocycles. The van der Waals surface area contributed by atoms with Crippen LogP contribution in [0.5, 0.6) is 0 Å². The molecule has 0 aliphatic heterocycles. The highest BCUT2D eigenvalue weighted by molar-refractivity contribution is 6.06. The summed E-state index contributed by atoms with van der Waals surface area (Å²) in [5.41, 5.74) is 14.4. The van der Waals surface area contributed by atoms with Crippen LogP contribution in [-0.4, -0.2) is 16.1 Å². The van der Waals surface area contributed by atoms with Gasteiger partial charge in [0.05, 0.1) is 5.56 Å². The molecule has 0 bridgehead atoms. The average molecular weight is 290 g/mol. The smallest absolute Gasteiger partial charge is 0.253 e. The molecular weight excluding hydrogens is 276 g/mol. The van der Waals surface area contributed by atoms with Crippen molar-refractivity contribution < 1.29 is 4.79 Å². The molecule has 3 rings (SSSR count). The van der Waals surface area contributed by atoms with Gasteiger partial charge in [0.1, 0.15) is 5.69 Å². The second kappa shape index (κ2) is 5.65. The third-order valence-electron chi connectivity index (χ3n) is 3.36. The van der Waals surface area contributed by atoms with Crippen molar-refractivity contribution in [3.63, 3.8) is 0 Å². The van der Waals surface area contributed by atoms with Crippen molar-refractivity contribution in [1.29, 1.82) is 0 Å². The fourth-order valence-electron chi connectivity index (χ4n) is 2.38. The van der Waals surface area contributed by atoms with E-state index in [-0.39, 0.29) is 11.4 Å². The average Bonchev–Trinajstić information content (AvgIpc) is 2.56. The lowest BCUT2D eigenvalue weighted by Gasteiger charge is -2.13. The van der Waals surface area contributed by atoms with Gasteiger partial charge in [-0.05, 0) is 5.56 Å². The summed E-state index contributed by atoms with van der Waals surface area (Å²) >= 11 is 0. The normalized spacial score (nSPS) is 10.4. The topological polar surface area (TPSA) is 94.9 Å². The van der Waals surface area contributed by atoms with Crippen LogP contribution in [0.4, 0.5) is 5.82 Å². The largest absolute Gasteiger partial charge is 0.382 e. The van der Waals surface area contributed by atoms with E-state index in [0.29, 0.717) is 11.3 Å². The van der Waals surface area contributed by atoms with E-state index < -0.39 is 5.91 Å². The summed E-state index contributed by atoms with van der Waals surface area (Å²) in [6, 6.07) is 18.9. The van der Waals surface area contributed by atoms with Gasteiger partial charge in [0.2, 0.25) is 0 Å². The van der Waals surface area contributed by atoms with E-state index in [9.17, 15) is 4.79 Å². The van der Waals surface area contributed by atoms with Crippen molar-refractivity contribution in [1.82, 2.24) is 10.2 Å². The first kappa shape index (κ1) is 13.8. The van der Waals surface area contributed by atoms with E-state index in [0.717, 1.165) is 11.1 Å². The third kappa shape index (κ3) is 2.40. The van der Waals surface area contributed by atoms with Crippen molar-refractivity contribution >= 4 is 11.7 Å². The van der Waals surface area contributed by atoms with Crippen LogP contribution in [-0.2, 0) is 0 Å². The molecule has 0 fully saturated rings. The highest BCUT2D eigenvalue weighted by atomic mass is 16.1. The van der Waals surface area contributed by atoms with Crippen LogP contribution >= 0.6 is 0 Å². The molecule has 0 aliphatic carbocycles. The first-order valence-corrected chi connectivity index (χ1v) is 6.75. The highest BCUT2D eigenvalue weighted by Crippen LogP contribution is 2.34. The van der Waals surface area contributed by atoms with Crippen LogP contribution in [0.2, 0.25) is 0 Å².